The Morgan fingerprint density at radius 1 is 0.889 bits per heavy atom. The molecule has 4 rings (SSSR count). The number of ether oxygens (including phenoxy) is 1. The molecule has 2 aliphatic rings. The van der Waals surface area contributed by atoms with Gasteiger partial charge in [-0.15, -0.1) is 0 Å². The zero-order valence-electron chi connectivity index (χ0n) is 15.2. The Morgan fingerprint density at radius 2 is 1.59 bits per heavy atom. The van der Waals surface area contributed by atoms with Crippen molar-refractivity contribution in [3.8, 4) is 0 Å². The van der Waals surface area contributed by atoms with Gasteiger partial charge < -0.3 is 20.3 Å². The lowest BCUT2D eigenvalue weighted by atomic mass is 10.2. The molecule has 0 aliphatic carbocycles. The van der Waals surface area contributed by atoms with Crippen LogP contribution in [0.3, 0.4) is 0 Å². The fourth-order valence-electron chi connectivity index (χ4n) is 3.42. The van der Waals surface area contributed by atoms with E-state index >= 15 is 0 Å². The normalized spacial score (nSPS) is 18.7. The Bertz CT molecular complexity index is 759. The Hall–Kier alpha value is -2.16. The van der Waals surface area contributed by atoms with Crippen molar-refractivity contribution in [3.63, 3.8) is 0 Å². The van der Waals surface area contributed by atoms with E-state index < -0.39 is 0 Å². The van der Waals surface area contributed by atoms with Gasteiger partial charge in [-0.25, -0.2) is 0 Å². The fourth-order valence-corrected chi connectivity index (χ4v) is 3.54. The van der Waals surface area contributed by atoms with Crippen molar-refractivity contribution in [2.45, 2.75) is 6.54 Å². The highest BCUT2D eigenvalue weighted by molar-refractivity contribution is 6.30. The standard InChI is InChI=1S/C18H24ClN7O/c19-14-1-3-15(4-2-14)25-7-5-24(6-8-25)13-16-21-17(20)23-18(22-16)26-9-11-27-12-10-26/h1-4H,5-13H2,(H2,20,21,22,23). The van der Waals surface area contributed by atoms with Crippen LogP contribution >= 0.6 is 11.6 Å². The van der Waals surface area contributed by atoms with Gasteiger partial charge in [0.15, 0.2) is 0 Å². The topological polar surface area (TPSA) is 83.6 Å². The number of piperazine rings is 1. The molecule has 0 atom stereocenters. The van der Waals surface area contributed by atoms with Gasteiger partial charge in [-0.05, 0) is 24.3 Å². The van der Waals surface area contributed by atoms with Crippen LogP contribution in [0.25, 0.3) is 0 Å². The highest BCUT2D eigenvalue weighted by Gasteiger charge is 2.20. The predicted molar refractivity (Wildman–Crippen MR) is 106 cm³/mol. The average molecular weight is 390 g/mol. The van der Waals surface area contributed by atoms with Crippen LogP contribution in [-0.4, -0.2) is 72.3 Å². The highest BCUT2D eigenvalue weighted by Crippen LogP contribution is 2.20. The van der Waals surface area contributed by atoms with Gasteiger partial charge >= 0.3 is 0 Å². The lowest BCUT2D eigenvalue weighted by Crippen LogP contribution is -2.46. The lowest BCUT2D eigenvalue weighted by Gasteiger charge is -2.35. The molecule has 9 heteroatoms. The third-order valence-corrected chi connectivity index (χ3v) is 5.16. The van der Waals surface area contributed by atoms with E-state index in [2.05, 4.69) is 41.8 Å². The SMILES string of the molecule is Nc1nc(CN2CCN(c3ccc(Cl)cc3)CC2)nc(N2CCOCC2)n1. The summed E-state index contributed by atoms with van der Waals surface area (Å²) in [5.74, 6) is 1.66. The van der Waals surface area contributed by atoms with Crippen molar-refractivity contribution < 1.29 is 4.74 Å². The summed E-state index contributed by atoms with van der Waals surface area (Å²) in [5, 5.41) is 0.765. The van der Waals surface area contributed by atoms with Gasteiger partial charge in [0, 0.05) is 50.0 Å². The number of aromatic nitrogens is 3. The molecule has 1 aromatic carbocycles. The summed E-state index contributed by atoms with van der Waals surface area (Å²) in [6.07, 6.45) is 0. The zero-order chi connectivity index (χ0) is 18.6. The molecule has 2 aromatic rings. The van der Waals surface area contributed by atoms with Crippen LogP contribution in [0, 0.1) is 0 Å². The fraction of sp³-hybridized carbons (Fsp3) is 0.500. The molecular weight excluding hydrogens is 366 g/mol. The Morgan fingerprint density at radius 3 is 2.30 bits per heavy atom. The summed E-state index contributed by atoms with van der Waals surface area (Å²) < 4.78 is 5.39. The number of halogens is 1. The van der Waals surface area contributed by atoms with Crippen molar-refractivity contribution in [1.82, 2.24) is 19.9 Å². The summed E-state index contributed by atoms with van der Waals surface area (Å²) in [4.78, 5) is 20.1. The van der Waals surface area contributed by atoms with E-state index in [4.69, 9.17) is 22.1 Å². The van der Waals surface area contributed by atoms with Crippen LogP contribution in [0.2, 0.25) is 5.02 Å². The van der Waals surface area contributed by atoms with Crippen molar-refractivity contribution in [2.75, 3.05) is 68.0 Å². The second kappa shape index (κ2) is 8.24. The summed E-state index contributed by atoms with van der Waals surface area (Å²) in [6.45, 7) is 7.42. The molecule has 144 valence electrons. The molecule has 1 aromatic heterocycles. The molecule has 27 heavy (non-hydrogen) atoms. The first-order chi connectivity index (χ1) is 13.2. The Labute approximate surface area is 163 Å². The third kappa shape index (κ3) is 4.58. The molecule has 0 amide bonds. The van der Waals surface area contributed by atoms with Crippen molar-refractivity contribution in [2.24, 2.45) is 0 Å². The molecule has 0 spiro atoms. The minimum atomic E-state index is 0.279. The molecule has 2 N–H and O–H groups in total. The van der Waals surface area contributed by atoms with Crippen LogP contribution in [0.15, 0.2) is 24.3 Å². The average Bonchev–Trinajstić information content (AvgIpc) is 2.69. The molecule has 0 radical (unpaired) electrons. The van der Waals surface area contributed by atoms with E-state index in [-0.39, 0.29) is 5.95 Å². The van der Waals surface area contributed by atoms with Crippen LogP contribution in [0.4, 0.5) is 17.6 Å². The number of hydrogen-bond donors (Lipinski definition) is 1. The van der Waals surface area contributed by atoms with Crippen molar-refractivity contribution in [1.29, 1.82) is 0 Å². The molecule has 0 saturated carbocycles. The molecule has 2 aliphatic heterocycles. The number of anilines is 3. The number of morpholine rings is 1. The van der Waals surface area contributed by atoms with Gasteiger partial charge in [-0.3, -0.25) is 4.90 Å². The smallest absolute Gasteiger partial charge is 0.230 e. The first-order valence-electron chi connectivity index (χ1n) is 9.23. The molecule has 0 bridgehead atoms. The first-order valence-corrected chi connectivity index (χ1v) is 9.61. The number of nitrogens with two attached hydrogens (primary N) is 1. The van der Waals surface area contributed by atoms with E-state index in [1.54, 1.807) is 0 Å². The van der Waals surface area contributed by atoms with Gasteiger partial charge in [-0.2, -0.15) is 15.0 Å². The number of nitrogens with zero attached hydrogens (tertiary/aromatic N) is 6. The molecular formula is C18H24ClN7O. The minimum Gasteiger partial charge on any atom is -0.378 e. The van der Waals surface area contributed by atoms with Crippen LogP contribution < -0.4 is 15.5 Å². The predicted octanol–water partition coefficient (Wildman–Crippen LogP) is 1.27. The summed E-state index contributed by atoms with van der Waals surface area (Å²) >= 11 is 5.98. The zero-order valence-corrected chi connectivity index (χ0v) is 16.0. The van der Waals surface area contributed by atoms with Crippen LogP contribution in [0.5, 0.6) is 0 Å². The molecule has 0 unspecified atom stereocenters. The third-order valence-electron chi connectivity index (χ3n) is 4.91. The molecule has 2 fully saturated rings. The van der Waals surface area contributed by atoms with Crippen LogP contribution in [-0.2, 0) is 11.3 Å². The van der Waals surface area contributed by atoms with Crippen molar-refractivity contribution in [3.05, 3.63) is 35.1 Å². The highest BCUT2D eigenvalue weighted by atomic mass is 35.5. The Balaban J connectivity index is 1.37. The molecule has 8 nitrogen and oxygen atoms in total. The van der Waals surface area contributed by atoms with E-state index in [0.717, 1.165) is 50.1 Å². The quantitative estimate of drug-likeness (QED) is 0.836. The van der Waals surface area contributed by atoms with E-state index in [1.165, 1.54) is 5.69 Å². The monoisotopic (exact) mass is 389 g/mol. The van der Waals surface area contributed by atoms with E-state index in [0.29, 0.717) is 25.7 Å². The largest absolute Gasteiger partial charge is 0.378 e. The summed E-state index contributed by atoms with van der Waals surface area (Å²) in [7, 11) is 0. The van der Waals surface area contributed by atoms with E-state index in [1.807, 2.05) is 12.1 Å². The van der Waals surface area contributed by atoms with Crippen LogP contribution in [0.1, 0.15) is 5.82 Å². The van der Waals surface area contributed by atoms with Gasteiger partial charge in [0.2, 0.25) is 11.9 Å². The number of nitrogen functional groups attached to an aromatic ring is 1. The second-order valence-corrected chi connectivity index (χ2v) is 7.19. The maximum Gasteiger partial charge on any atom is 0.230 e. The minimum absolute atomic E-state index is 0.279. The van der Waals surface area contributed by atoms with Gasteiger partial charge in [0.05, 0.1) is 19.8 Å². The van der Waals surface area contributed by atoms with E-state index in [9.17, 15) is 0 Å². The summed E-state index contributed by atoms with van der Waals surface area (Å²) in [6, 6.07) is 8.01. The first kappa shape index (κ1) is 18.2. The Kier molecular flexibility index (Phi) is 5.56. The molecule has 2 saturated heterocycles. The number of rotatable bonds is 4. The number of benzene rings is 1. The van der Waals surface area contributed by atoms with Crippen molar-refractivity contribution >= 4 is 29.2 Å². The maximum atomic E-state index is 5.98. The lowest BCUT2D eigenvalue weighted by molar-refractivity contribution is 0.122. The molecule has 3 heterocycles. The maximum absolute atomic E-state index is 5.98. The van der Waals surface area contributed by atoms with Gasteiger partial charge in [0.1, 0.15) is 5.82 Å². The summed E-state index contributed by atoms with van der Waals surface area (Å²) in [5.41, 5.74) is 7.13. The van der Waals surface area contributed by atoms with Gasteiger partial charge in [0.25, 0.3) is 0 Å². The van der Waals surface area contributed by atoms with Gasteiger partial charge in [-0.1, -0.05) is 11.6 Å². The second-order valence-electron chi connectivity index (χ2n) is 6.75. The number of hydrogen-bond acceptors (Lipinski definition) is 8.